The average molecular weight is 383 g/mol. The van der Waals surface area contributed by atoms with E-state index in [1.165, 1.54) is 45.6 Å². The highest BCUT2D eigenvalue weighted by molar-refractivity contribution is 6.10. The van der Waals surface area contributed by atoms with E-state index in [0.717, 1.165) is 11.6 Å². The number of ketones is 2. The van der Waals surface area contributed by atoms with E-state index in [4.69, 9.17) is 15.6 Å². The van der Waals surface area contributed by atoms with Crippen LogP contribution >= 0.6 is 0 Å². The number of phenolic OH excluding ortho intramolecular Hbond substituents is 1. The van der Waals surface area contributed by atoms with E-state index in [9.17, 15) is 14.7 Å². The summed E-state index contributed by atoms with van der Waals surface area (Å²) < 4.78 is 23.3. The first-order chi connectivity index (χ1) is 13.9. The van der Waals surface area contributed by atoms with Gasteiger partial charge in [0.25, 0.3) is 0 Å². The number of allylic oxidation sites excluding steroid dienone is 2. The van der Waals surface area contributed by atoms with Crippen molar-refractivity contribution in [3.63, 3.8) is 0 Å². The first kappa shape index (κ1) is 19.2. The van der Waals surface area contributed by atoms with Gasteiger partial charge in [0.1, 0.15) is 0 Å². The molecular formula is C22H22O6. The van der Waals surface area contributed by atoms with Crippen LogP contribution in [0.2, 0.25) is 0 Å². The lowest BCUT2D eigenvalue weighted by molar-refractivity contribution is -0.121. The first-order valence-corrected chi connectivity index (χ1v) is 8.39. The molecule has 2 aromatic carbocycles. The topological polar surface area (TPSA) is 82.1 Å². The van der Waals surface area contributed by atoms with Gasteiger partial charge in [-0.3, -0.25) is 9.59 Å². The molecule has 0 unspecified atom stereocenters. The maximum atomic E-state index is 12.1. The summed E-state index contributed by atoms with van der Waals surface area (Å²) in [6.07, 6.45) is 3.60. The second-order valence-corrected chi connectivity index (χ2v) is 5.73. The van der Waals surface area contributed by atoms with Crippen LogP contribution in [0.1, 0.15) is 18.9 Å². The van der Waals surface area contributed by atoms with Gasteiger partial charge in [-0.1, -0.05) is 24.3 Å². The number of aromatic hydroxyl groups is 1. The van der Waals surface area contributed by atoms with Gasteiger partial charge in [0.15, 0.2) is 34.6 Å². The largest absolute Gasteiger partial charge is 0.504 e. The highest BCUT2D eigenvalue weighted by Gasteiger charge is 2.06. The molecule has 0 radical (unpaired) electrons. The Morgan fingerprint density at radius 2 is 1.50 bits per heavy atom. The molecule has 6 heteroatoms. The number of hydrogen-bond donors (Lipinski definition) is 1. The Labute approximate surface area is 165 Å². The Hall–Kier alpha value is -3.54. The van der Waals surface area contributed by atoms with Crippen molar-refractivity contribution in [2.45, 2.75) is 6.42 Å². The molecule has 0 aromatic heterocycles. The average Bonchev–Trinajstić information content (AvgIpc) is 2.72. The van der Waals surface area contributed by atoms with E-state index in [1.807, 2.05) is 0 Å². The van der Waals surface area contributed by atoms with Gasteiger partial charge in [0.05, 0.1) is 29.1 Å². The van der Waals surface area contributed by atoms with E-state index >= 15 is 0 Å². The molecule has 2 rings (SSSR count). The summed E-state index contributed by atoms with van der Waals surface area (Å²) in [4.78, 5) is 24.1. The Bertz CT molecular complexity index is 962. The predicted molar refractivity (Wildman–Crippen MR) is 107 cm³/mol. The Kier molecular flexibility index (Phi) is 6.84. The second-order valence-electron chi connectivity index (χ2n) is 5.73. The number of ether oxygens (including phenoxy) is 3. The van der Waals surface area contributed by atoms with Crippen molar-refractivity contribution >= 4 is 23.7 Å². The van der Waals surface area contributed by atoms with Gasteiger partial charge in [0.2, 0.25) is 0 Å². The van der Waals surface area contributed by atoms with Crippen LogP contribution in [-0.2, 0) is 9.59 Å². The van der Waals surface area contributed by atoms with E-state index in [-0.39, 0.29) is 24.0 Å². The number of rotatable bonds is 9. The van der Waals surface area contributed by atoms with Gasteiger partial charge in [-0.25, -0.2) is 0 Å². The Morgan fingerprint density at radius 1 is 0.893 bits per heavy atom. The molecule has 0 spiro atoms. The van der Waals surface area contributed by atoms with E-state index in [1.54, 1.807) is 24.3 Å². The lowest BCUT2D eigenvalue weighted by Gasteiger charge is -2.07. The summed E-state index contributed by atoms with van der Waals surface area (Å²) in [7, 11) is 4.44. The van der Waals surface area contributed by atoms with Crippen LogP contribution in [0.4, 0.5) is 0 Å². The molecule has 0 bridgehead atoms. The molecule has 6 nitrogen and oxygen atoms in total. The fourth-order valence-electron chi connectivity index (χ4n) is 2.36. The van der Waals surface area contributed by atoms with Crippen LogP contribution < -0.4 is 14.2 Å². The lowest BCUT2D eigenvalue weighted by Crippen LogP contribution is -2.01. The molecule has 2 aromatic rings. The minimum atomic E-state index is -0.496. The van der Waals surface area contributed by atoms with Crippen LogP contribution in [0, 0.1) is 0 Å². The third kappa shape index (κ3) is 5.74. The minimum absolute atomic E-state index is 0.0640. The highest BCUT2D eigenvalue weighted by atomic mass is 16.5. The summed E-state index contributed by atoms with van der Waals surface area (Å²) in [5, 5.41) is 9.59. The number of benzene rings is 2. The summed E-state index contributed by atoms with van der Waals surface area (Å²) >= 11 is 0. The van der Waals surface area contributed by atoms with Crippen molar-refractivity contribution in [3.8, 4) is 23.0 Å². The summed E-state index contributed by atoms with van der Waals surface area (Å²) in [5.41, 5.74) is 1.11. The third-order valence-corrected chi connectivity index (χ3v) is 3.80. The zero-order chi connectivity index (χ0) is 21.4. The third-order valence-electron chi connectivity index (χ3n) is 3.80. The van der Waals surface area contributed by atoms with Crippen molar-refractivity contribution in [3.05, 3.63) is 59.7 Å². The van der Waals surface area contributed by atoms with Gasteiger partial charge < -0.3 is 19.3 Å². The fraction of sp³-hybridized carbons (Fsp3) is 0.182. The molecule has 0 aliphatic heterocycles. The van der Waals surface area contributed by atoms with Gasteiger partial charge in [-0.05, 0) is 47.5 Å². The second kappa shape index (κ2) is 9.97. The minimum Gasteiger partial charge on any atom is -0.504 e. The Balaban J connectivity index is 2.04. The monoisotopic (exact) mass is 383 g/mol. The molecule has 0 saturated carbocycles. The normalized spacial score (nSPS) is 11.8. The Morgan fingerprint density at radius 3 is 2.18 bits per heavy atom. The summed E-state index contributed by atoms with van der Waals surface area (Å²) in [6, 6.07) is 9.41. The van der Waals surface area contributed by atoms with Crippen molar-refractivity contribution < 1.29 is 30.3 Å². The number of phenols is 1. The molecule has 0 atom stereocenters. The standard InChI is InChI=1S/C22H22O6/c1-26-20-11-7-16(13-22(20)28-3)5-9-18(24)14-17(23)8-4-15-6-10-19(25)21(12-15)27-2/h4-13,25H,14H2,1-3H3/b8-4+,9-5+/i4D. The van der Waals surface area contributed by atoms with Crippen LogP contribution in [0.25, 0.3) is 12.1 Å². The molecule has 1 N–H and O–H groups in total. The molecule has 0 heterocycles. The van der Waals surface area contributed by atoms with Crippen LogP contribution in [0.3, 0.4) is 0 Å². The molecule has 28 heavy (non-hydrogen) atoms. The van der Waals surface area contributed by atoms with Crippen molar-refractivity contribution in [2.75, 3.05) is 21.3 Å². The maximum Gasteiger partial charge on any atom is 0.163 e. The summed E-state index contributed by atoms with van der Waals surface area (Å²) in [6.45, 7) is 0. The highest BCUT2D eigenvalue weighted by Crippen LogP contribution is 2.28. The smallest absolute Gasteiger partial charge is 0.163 e. The number of carbonyl (C=O) groups excluding carboxylic acids is 2. The molecular weight excluding hydrogens is 360 g/mol. The quantitative estimate of drug-likeness (QED) is 0.526. The molecule has 0 amide bonds. The van der Waals surface area contributed by atoms with Crippen molar-refractivity contribution in [1.29, 1.82) is 0 Å². The predicted octanol–water partition coefficient (Wildman–Crippen LogP) is 3.67. The number of hydrogen-bond acceptors (Lipinski definition) is 6. The lowest BCUT2D eigenvalue weighted by atomic mass is 10.1. The van der Waals surface area contributed by atoms with E-state index in [2.05, 4.69) is 0 Å². The van der Waals surface area contributed by atoms with Gasteiger partial charge in [0, 0.05) is 0 Å². The molecule has 0 aliphatic carbocycles. The molecule has 0 aliphatic rings. The number of methoxy groups -OCH3 is 3. The molecule has 0 saturated heterocycles. The number of carbonyl (C=O) groups is 2. The van der Waals surface area contributed by atoms with Crippen LogP contribution in [0.5, 0.6) is 23.0 Å². The molecule has 0 fully saturated rings. The van der Waals surface area contributed by atoms with Gasteiger partial charge >= 0.3 is 0 Å². The van der Waals surface area contributed by atoms with Crippen LogP contribution in [-0.4, -0.2) is 38.0 Å². The summed E-state index contributed by atoms with van der Waals surface area (Å²) in [5.74, 6) is 0.350. The molecule has 146 valence electrons. The van der Waals surface area contributed by atoms with Crippen molar-refractivity contribution in [1.82, 2.24) is 0 Å². The van der Waals surface area contributed by atoms with E-state index in [0.29, 0.717) is 17.1 Å². The zero-order valence-corrected chi connectivity index (χ0v) is 15.9. The first-order valence-electron chi connectivity index (χ1n) is 8.89. The van der Waals surface area contributed by atoms with Crippen molar-refractivity contribution in [2.24, 2.45) is 0 Å². The van der Waals surface area contributed by atoms with Gasteiger partial charge in [-0.15, -0.1) is 0 Å². The van der Waals surface area contributed by atoms with Gasteiger partial charge in [-0.2, -0.15) is 0 Å². The maximum absolute atomic E-state index is 12.1. The zero-order valence-electron chi connectivity index (χ0n) is 16.9. The SMILES string of the molecule is [2H]/C(=C\C(=O)CC(=O)/C=C/c1ccc(OC)c(OC)c1)c1ccc(O)c(OC)c1. The fourth-order valence-corrected chi connectivity index (χ4v) is 2.36. The van der Waals surface area contributed by atoms with E-state index < -0.39 is 11.6 Å². The van der Waals surface area contributed by atoms with Crippen LogP contribution in [0.15, 0.2) is 48.6 Å².